The molecule has 0 N–H and O–H groups in total. The van der Waals surface area contributed by atoms with Gasteiger partial charge in [0.05, 0.1) is 19.1 Å². The molecule has 3 rings (SSSR count). The molecule has 38 heavy (non-hydrogen) atoms. The molecule has 0 saturated heterocycles. The Morgan fingerprint density at radius 1 is 0.974 bits per heavy atom. The van der Waals surface area contributed by atoms with Crippen LogP contribution < -0.4 is 4.74 Å². The Bertz CT molecular complexity index is 1300. The minimum absolute atomic E-state index is 0.0976. The lowest BCUT2D eigenvalue weighted by molar-refractivity contribution is -0.156. The third kappa shape index (κ3) is 7.43. The zero-order chi connectivity index (χ0) is 27.9. The van der Waals surface area contributed by atoms with Crippen LogP contribution in [0, 0.1) is 0 Å². The second-order valence-corrected chi connectivity index (χ2v) is 12.3. The van der Waals surface area contributed by atoms with E-state index in [1.165, 1.54) is 49.8 Å². The second kappa shape index (κ2) is 12.6. The van der Waals surface area contributed by atoms with Gasteiger partial charge in [-0.2, -0.15) is 15.6 Å². The summed E-state index contributed by atoms with van der Waals surface area (Å²) >= 11 is 1.43. The van der Waals surface area contributed by atoms with E-state index in [0.717, 1.165) is 15.4 Å². The monoisotopic (exact) mass is 559 g/mol. The highest BCUT2D eigenvalue weighted by Gasteiger charge is 2.44. The molecular formula is C28H33NO7S2. The molecule has 3 aromatic rings. The molecule has 0 fully saturated rings. The number of carbonyl (C=O) groups excluding carboxylic acids is 2. The molecule has 0 aliphatic rings. The highest BCUT2D eigenvalue weighted by Crippen LogP contribution is 2.34. The Morgan fingerprint density at radius 2 is 1.63 bits per heavy atom. The van der Waals surface area contributed by atoms with Crippen molar-refractivity contribution in [2.75, 3.05) is 20.8 Å². The van der Waals surface area contributed by atoms with Gasteiger partial charge >= 0.3 is 11.9 Å². The molecule has 2 aromatic carbocycles. The number of thiophene rings is 1. The Morgan fingerprint density at radius 3 is 2.16 bits per heavy atom. The topological polar surface area (TPSA) is 99.2 Å². The highest BCUT2D eigenvalue weighted by molar-refractivity contribution is 7.89. The average Bonchev–Trinajstić information content (AvgIpc) is 3.42. The fourth-order valence-electron chi connectivity index (χ4n) is 4.09. The fourth-order valence-corrected chi connectivity index (χ4v) is 6.37. The van der Waals surface area contributed by atoms with Crippen molar-refractivity contribution >= 4 is 33.3 Å². The molecule has 0 saturated carbocycles. The lowest BCUT2D eigenvalue weighted by Gasteiger charge is -2.34. The third-order valence-corrected chi connectivity index (χ3v) is 8.32. The average molecular weight is 560 g/mol. The predicted octanol–water partition coefficient (Wildman–Crippen LogP) is 4.66. The Hall–Kier alpha value is -3.21. The fraction of sp³-hybridized carbons (Fsp3) is 0.357. The lowest BCUT2D eigenvalue weighted by atomic mass is 9.87. The second-order valence-electron chi connectivity index (χ2n) is 9.63. The lowest BCUT2D eigenvalue weighted by Crippen LogP contribution is -2.52. The summed E-state index contributed by atoms with van der Waals surface area (Å²) in [5.74, 6) is -1.75. The number of hydrogen-bond acceptors (Lipinski definition) is 8. The Balaban J connectivity index is 2.18. The number of sulfonamides is 1. The summed E-state index contributed by atoms with van der Waals surface area (Å²) < 4.78 is 44.9. The van der Waals surface area contributed by atoms with Crippen molar-refractivity contribution < 1.29 is 32.2 Å². The van der Waals surface area contributed by atoms with E-state index in [0.29, 0.717) is 12.2 Å². The molecule has 0 aliphatic carbocycles. The van der Waals surface area contributed by atoms with Gasteiger partial charge in [0.1, 0.15) is 23.9 Å². The van der Waals surface area contributed by atoms with Gasteiger partial charge in [-0.3, -0.25) is 9.59 Å². The van der Waals surface area contributed by atoms with Crippen LogP contribution in [-0.2, 0) is 35.5 Å². The maximum Gasteiger partial charge on any atom is 0.324 e. The molecule has 2 atom stereocenters. The number of methoxy groups -OCH3 is 2. The van der Waals surface area contributed by atoms with Crippen molar-refractivity contribution in [2.24, 2.45) is 0 Å². The zero-order valence-electron chi connectivity index (χ0n) is 22.1. The molecule has 1 aromatic heterocycles. The van der Waals surface area contributed by atoms with E-state index in [9.17, 15) is 18.0 Å². The predicted molar refractivity (Wildman–Crippen MR) is 146 cm³/mol. The van der Waals surface area contributed by atoms with Crippen LogP contribution in [0.25, 0.3) is 0 Å². The highest BCUT2D eigenvalue weighted by atomic mass is 32.2. The zero-order valence-corrected chi connectivity index (χ0v) is 23.8. The van der Waals surface area contributed by atoms with Crippen molar-refractivity contribution in [1.82, 2.24) is 4.31 Å². The van der Waals surface area contributed by atoms with Gasteiger partial charge in [-0.1, -0.05) is 30.3 Å². The minimum atomic E-state index is -4.38. The van der Waals surface area contributed by atoms with E-state index in [4.69, 9.17) is 14.2 Å². The van der Waals surface area contributed by atoms with Gasteiger partial charge in [0.2, 0.25) is 10.0 Å². The van der Waals surface area contributed by atoms with Crippen LogP contribution in [0.3, 0.4) is 0 Å². The maximum absolute atomic E-state index is 14.1. The van der Waals surface area contributed by atoms with E-state index in [2.05, 4.69) is 0 Å². The summed E-state index contributed by atoms with van der Waals surface area (Å²) in [5.41, 5.74) is 0.800. The van der Waals surface area contributed by atoms with Crippen molar-refractivity contribution in [1.29, 1.82) is 0 Å². The molecule has 1 heterocycles. The van der Waals surface area contributed by atoms with Gasteiger partial charge in [0.15, 0.2) is 0 Å². The normalized spacial score (nSPS) is 13.5. The van der Waals surface area contributed by atoms with Crippen LogP contribution in [0.15, 0.2) is 76.3 Å². The molecular weight excluding hydrogens is 526 g/mol. The standard InChI is InChI=1S/C28H33NO7S2/c1-28(2,3)36-25(30)18-29(38(32,33)23-13-11-22(34-4)12-14-23)26(27(31)35-5)24(21-15-16-37-19-21)17-20-9-7-6-8-10-20/h6-16,19,24,26H,17-18H2,1-5H3. The van der Waals surface area contributed by atoms with E-state index in [1.807, 2.05) is 47.2 Å². The smallest absolute Gasteiger partial charge is 0.324 e. The third-order valence-electron chi connectivity index (χ3n) is 5.77. The molecule has 204 valence electrons. The van der Waals surface area contributed by atoms with Gasteiger partial charge < -0.3 is 14.2 Å². The van der Waals surface area contributed by atoms with Gasteiger partial charge in [-0.15, -0.1) is 0 Å². The van der Waals surface area contributed by atoms with Crippen molar-refractivity contribution in [3.05, 3.63) is 82.6 Å². The van der Waals surface area contributed by atoms with Gasteiger partial charge in [0.25, 0.3) is 0 Å². The first-order chi connectivity index (χ1) is 18.0. The molecule has 2 unspecified atom stereocenters. The van der Waals surface area contributed by atoms with Crippen molar-refractivity contribution in [3.63, 3.8) is 0 Å². The Kier molecular flexibility index (Phi) is 9.70. The summed E-state index contributed by atoms with van der Waals surface area (Å²) in [4.78, 5) is 26.4. The van der Waals surface area contributed by atoms with Crippen LogP contribution in [-0.4, -0.2) is 57.1 Å². The minimum Gasteiger partial charge on any atom is -0.497 e. The van der Waals surface area contributed by atoms with E-state index < -0.39 is 46.1 Å². The van der Waals surface area contributed by atoms with Crippen LogP contribution in [0.1, 0.15) is 37.8 Å². The molecule has 0 amide bonds. The first-order valence-corrected chi connectivity index (χ1v) is 14.4. The first-order valence-electron chi connectivity index (χ1n) is 12.0. The van der Waals surface area contributed by atoms with Crippen LogP contribution >= 0.6 is 11.3 Å². The summed E-state index contributed by atoms with van der Waals surface area (Å²) in [7, 11) is -1.70. The quantitative estimate of drug-likeness (QED) is 0.315. The molecule has 0 spiro atoms. The van der Waals surface area contributed by atoms with Crippen molar-refractivity contribution in [3.8, 4) is 5.75 Å². The maximum atomic E-state index is 14.1. The molecule has 0 radical (unpaired) electrons. The number of ether oxygens (including phenoxy) is 3. The summed E-state index contributed by atoms with van der Waals surface area (Å²) in [6.45, 7) is 4.39. The summed E-state index contributed by atoms with van der Waals surface area (Å²) in [6, 6.07) is 15.7. The van der Waals surface area contributed by atoms with Crippen LogP contribution in [0.4, 0.5) is 0 Å². The van der Waals surface area contributed by atoms with Crippen LogP contribution in [0.2, 0.25) is 0 Å². The van der Waals surface area contributed by atoms with Crippen molar-refractivity contribution in [2.45, 2.75) is 49.6 Å². The summed E-state index contributed by atoms with van der Waals surface area (Å²) in [6.07, 6.45) is 0.334. The van der Waals surface area contributed by atoms with Gasteiger partial charge in [-0.25, -0.2) is 8.42 Å². The number of esters is 2. The van der Waals surface area contributed by atoms with E-state index in [-0.39, 0.29) is 4.90 Å². The van der Waals surface area contributed by atoms with Crippen LogP contribution in [0.5, 0.6) is 5.75 Å². The molecule has 0 bridgehead atoms. The number of rotatable bonds is 11. The SMILES string of the molecule is COC(=O)C(C(Cc1ccccc1)c1ccsc1)N(CC(=O)OC(C)(C)C)S(=O)(=O)c1ccc(OC)cc1. The molecule has 0 aliphatic heterocycles. The molecule has 8 nitrogen and oxygen atoms in total. The number of nitrogens with zero attached hydrogens (tertiary/aromatic N) is 1. The largest absolute Gasteiger partial charge is 0.497 e. The van der Waals surface area contributed by atoms with E-state index >= 15 is 0 Å². The first kappa shape index (κ1) is 29.3. The number of benzene rings is 2. The Labute approximate surface area is 228 Å². The number of carbonyl (C=O) groups is 2. The molecule has 10 heteroatoms. The number of hydrogen-bond donors (Lipinski definition) is 0. The van der Waals surface area contributed by atoms with E-state index in [1.54, 1.807) is 20.8 Å². The summed E-state index contributed by atoms with van der Waals surface area (Å²) in [5, 5.41) is 3.73. The van der Waals surface area contributed by atoms with Gasteiger partial charge in [0, 0.05) is 5.92 Å². The van der Waals surface area contributed by atoms with Gasteiger partial charge in [-0.05, 0) is 79.4 Å².